The second kappa shape index (κ2) is 7.64. The Hall–Kier alpha value is -2.54. The van der Waals surface area contributed by atoms with Crippen LogP contribution in [0.5, 0.6) is 5.75 Å². The first-order valence-electron chi connectivity index (χ1n) is 6.77. The summed E-state index contributed by atoms with van der Waals surface area (Å²) < 4.78 is 4.93. The van der Waals surface area contributed by atoms with Gasteiger partial charge in [0.25, 0.3) is 5.91 Å². The summed E-state index contributed by atoms with van der Waals surface area (Å²) in [6.45, 7) is 0. The van der Waals surface area contributed by atoms with Gasteiger partial charge in [0.05, 0.1) is 12.0 Å². The monoisotopic (exact) mass is 332 g/mol. The summed E-state index contributed by atoms with van der Waals surface area (Å²) in [7, 11) is 1.36. The quantitative estimate of drug-likeness (QED) is 0.644. The van der Waals surface area contributed by atoms with Crippen LogP contribution in [0.3, 0.4) is 0 Å². The minimum atomic E-state index is -0.550. The van der Waals surface area contributed by atoms with E-state index in [1.54, 1.807) is 30.0 Å². The summed E-state index contributed by atoms with van der Waals surface area (Å²) in [5.74, 6) is 0.710. The van der Waals surface area contributed by atoms with Crippen LogP contribution in [-0.4, -0.2) is 24.2 Å². The van der Waals surface area contributed by atoms with Crippen molar-refractivity contribution in [1.82, 2.24) is 0 Å². The van der Waals surface area contributed by atoms with Gasteiger partial charge in [-0.25, -0.2) is 0 Å². The molecular weight excluding hydrogens is 316 g/mol. The molecule has 0 fully saturated rings. The number of nitrogens with one attached hydrogen (secondary N) is 1. The van der Waals surface area contributed by atoms with Crippen LogP contribution in [-0.2, 0) is 5.75 Å². The normalized spacial score (nSPS) is 10.2. The molecule has 120 valence electrons. The summed E-state index contributed by atoms with van der Waals surface area (Å²) >= 11 is 1.70. The number of nitrogens with zero attached hydrogens (tertiary/aromatic N) is 1. The maximum absolute atomic E-state index is 12.2. The highest BCUT2D eigenvalue weighted by molar-refractivity contribution is 7.97. The molecule has 0 unspecified atom stereocenters. The van der Waals surface area contributed by atoms with Crippen molar-refractivity contribution in [2.24, 2.45) is 0 Å². The summed E-state index contributed by atoms with van der Waals surface area (Å²) in [6, 6.07) is 11.5. The first-order valence-corrected chi connectivity index (χ1v) is 8.16. The molecule has 23 heavy (non-hydrogen) atoms. The molecule has 0 saturated carbocycles. The van der Waals surface area contributed by atoms with Crippen LogP contribution >= 0.6 is 11.8 Å². The SMILES string of the molecule is COc1ccc(NC(=O)c2ccc(CSC)cc2)cc1[N+](=O)[O-]. The van der Waals surface area contributed by atoms with E-state index in [-0.39, 0.29) is 17.3 Å². The smallest absolute Gasteiger partial charge is 0.312 e. The Kier molecular flexibility index (Phi) is 5.59. The third-order valence-electron chi connectivity index (χ3n) is 3.16. The van der Waals surface area contributed by atoms with Crippen LogP contribution in [0.1, 0.15) is 15.9 Å². The number of hydrogen-bond donors (Lipinski definition) is 1. The van der Waals surface area contributed by atoms with Crippen LogP contribution in [0.15, 0.2) is 42.5 Å². The molecule has 6 nitrogen and oxygen atoms in total. The number of benzene rings is 2. The molecule has 0 saturated heterocycles. The topological polar surface area (TPSA) is 81.5 Å². The zero-order valence-corrected chi connectivity index (χ0v) is 13.6. The molecule has 0 bridgehead atoms. The molecule has 0 spiro atoms. The molecule has 0 aliphatic carbocycles. The fraction of sp³-hybridized carbons (Fsp3) is 0.188. The van der Waals surface area contributed by atoms with Gasteiger partial charge in [0.2, 0.25) is 0 Å². The van der Waals surface area contributed by atoms with E-state index in [1.165, 1.54) is 19.2 Å². The summed E-state index contributed by atoms with van der Waals surface area (Å²) in [6.07, 6.45) is 2.01. The molecule has 0 heterocycles. The van der Waals surface area contributed by atoms with Crippen LogP contribution in [0.4, 0.5) is 11.4 Å². The number of carbonyl (C=O) groups is 1. The number of methoxy groups -OCH3 is 1. The number of hydrogen-bond acceptors (Lipinski definition) is 5. The molecule has 1 amide bonds. The lowest BCUT2D eigenvalue weighted by atomic mass is 10.1. The van der Waals surface area contributed by atoms with Crippen LogP contribution < -0.4 is 10.1 Å². The lowest BCUT2D eigenvalue weighted by Gasteiger charge is -2.08. The van der Waals surface area contributed by atoms with E-state index in [2.05, 4.69) is 5.32 Å². The van der Waals surface area contributed by atoms with E-state index in [1.807, 2.05) is 18.4 Å². The molecule has 0 aliphatic rings. The first kappa shape index (κ1) is 16.8. The summed E-state index contributed by atoms with van der Waals surface area (Å²) in [4.78, 5) is 22.7. The third-order valence-corrected chi connectivity index (χ3v) is 3.78. The van der Waals surface area contributed by atoms with Crippen molar-refractivity contribution in [2.75, 3.05) is 18.7 Å². The number of rotatable bonds is 6. The lowest BCUT2D eigenvalue weighted by Crippen LogP contribution is -2.12. The van der Waals surface area contributed by atoms with Gasteiger partial charge < -0.3 is 10.1 Å². The van der Waals surface area contributed by atoms with Crippen molar-refractivity contribution >= 4 is 29.0 Å². The second-order valence-corrected chi connectivity index (χ2v) is 5.59. The van der Waals surface area contributed by atoms with Crippen LogP contribution in [0.25, 0.3) is 0 Å². The summed E-state index contributed by atoms with van der Waals surface area (Å²) in [5.41, 5.74) is 1.78. The fourth-order valence-electron chi connectivity index (χ4n) is 2.03. The minimum absolute atomic E-state index is 0.148. The molecule has 0 aliphatic heterocycles. The largest absolute Gasteiger partial charge is 0.490 e. The molecule has 2 aromatic carbocycles. The molecule has 7 heteroatoms. The zero-order chi connectivity index (χ0) is 16.8. The van der Waals surface area contributed by atoms with Crippen molar-refractivity contribution in [3.63, 3.8) is 0 Å². The van der Waals surface area contributed by atoms with Crippen molar-refractivity contribution in [1.29, 1.82) is 0 Å². The second-order valence-electron chi connectivity index (χ2n) is 4.73. The van der Waals surface area contributed by atoms with Gasteiger partial charge in [-0.1, -0.05) is 12.1 Å². The van der Waals surface area contributed by atoms with Crippen molar-refractivity contribution in [2.45, 2.75) is 5.75 Å². The number of anilines is 1. The Balaban J connectivity index is 2.16. The van der Waals surface area contributed by atoms with Gasteiger partial charge in [0, 0.05) is 23.1 Å². The maximum Gasteiger partial charge on any atom is 0.312 e. The standard InChI is InChI=1S/C16H16N2O4S/c1-22-15-8-7-13(9-14(15)18(20)21)17-16(19)12-5-3-11(4-6-12)10-23-2/h3-9H,10H2,1-2H3,(H,17,19). The highest BCUT2D eigenvalue weighted by atomic mass is 32.2. The predicted octanol–water partition coefficient (Wildman–Crippen LogP) is 3.72. The zero-order valence-electron chi connectivity index (χ0n) is 12.7. The van der Waals surface area contributed by atoms with E-state index in [0.29, 0.717) is 11.3 Å². The van der Waals surface area contributed by atoms with Gasteiger partial charge in [-0.3, -0.25) is 14.9 Å². The molecule has 2 aromatic rings. The Morgan fingerprint density at radius 3 is 2.52 bits per heavy atom. The highest BCUT2D eigenvalue weighted by Gasteiger charge is 2.16. The van der Waals surface area contributed by atoms with Crippen LogP contribution in [0, 0.1) is 10.1 Å². The third kappa shape index (κ3) is 4.23. The highest BCUT2D eigenvalue weighted by Crippen LogP contribution is 2.29. The molecule has 2 rings (SSSR count). The van der Waals surface area contributed by atoms with Crippen molar-refractivity contribution in [3.8, 4) is 5.75 Å². The number of thioether (sulfide) groups is 1. The van der Waals surface area contributed by atoms with Gasteiger partial charge in [0.15, 0.2) is 5.75 Å². The lowest BCUT2D eigenvalue weighted by molar-refractivity contribution is -0.385. The number of amides is 1. The van der Waals surface area contributed by atoms with Crippen molar-refractivity contribution < 1.29 is 14.5 Å². The van der Waals surface area contributed by atoms with Gasteiger partial charge in [0.1, 0.15) is 0 Å². The predicted molar refractivity (Wildman–Crippen MR) is 91.3 cm³/mol. The summed E-state index contributed by atoms with van der Waals surface area (Å²) in [5, 5.41) is 13.7. The van der Waals surface area contributed by atoms with E-state index in [4.69, 9.17) is 4.74 Å². The number of carbonyl (C=O) groups excluding carboxylic acids is 1. The average molecular weight is 332 g/mol. The van der Waals surface area contributed by atoms with Gasteiger partial charge in [-0.15, -0.1) is 0 Å². The van der Waals surface area contributed by atoms with Crippen LogP contribution in [0.2, 0.25) is 0 Å². The molecule has 0 aromatic heterocycles. The van der Waals surface area contributed by atoms with Gasteiger partial charge in [-0.05, 0) is 36.1 Å². The average Bonchev–Trinajstić information content (AvgIpc) is 2.55. The first-order chi connectivity index (χ1) is 11.0. The van der Waals surface area contributed by atoms with E-state index < -0.39 is 4.92 Å². The molecular formula is C16H16N2O4S. The Morgan fingerprint density at radius 1 is 1.26 bits per heavy atom. The number of ether oxygens (including phenoxy) is 1. The van der Waals surface area contributed by atoms with Gasteiger partial charge in [-0.2, -0.15) is 11.8 Å². The number of nitro benzene ring substituents is 1. The Bertz CT molecular complexity index is 717. The van der Waals surface area contributed by atoms with E-state index in [0.717, 1.165) is 11.3 Å². The minimum Gasteiger partial charge on any atom is -0.490 e. The Morgan fingerprint density at radius 2 is 1.96 bits per heavy atom. The Labute approximate surface area is 138 Å². The van der Waals surface area contributed by atoms with Crippen molar-refractivity contribution in [3.05, 3.63) is 63.7 Å². The molecule has 0 radical (unpaired) electrons. The van der Waals surface area contributed by atoms with E-state index in [9.17, 15) is 14.9 Å². The number of nitro groups is 1. The van der Waals surface area contributed by atoms with E-state index >= 15 is 0 Å². The maximum atomic E-state index is 12.2. The molecule has 1 N–H and O–H groups in total. The molecule has 0 atom stereocenters. The van der Waals surface area contributed by atoms with Gasteiger partial charge >= 0.3 is 5.69 Å². The fourth-order valence-corrected chi connectivity index (χ4v) is 2.56.